The first-order valence-electron chi connectivity index (χ1n) is 3.44. The lowest BCUT2D eigenvalue weighted by molar-refractivity contribution is 0.112. The second-order valence-corrected chi connectivity index (χ2v) is 4.19. The highest BCUT2D eigenvalue weighted by atomic mass is 79.9. The van der Waals surface area contributed by atoms with Gasteiger partial charge < -0.3 is 0 Å². The number of fused-ring (bicyclic) bond motifs is 1. The van der Waals surface area contributed by atoms with Crippen LogP contribution in [-0.4, -0.2) is 6.29 Å². The summed E-state index contributed by atoms with van der Waals surface area (Å²) in [6, 6.07) is 5.74. The molecule has 0 aliphatic carbocycles. The Morgan fingerprint density at radius 1 is 1.33 bits per heavy atom. The van der Waals surface area contributed by atoms with Crippen LogP contribution < -0.4 is 0 Å². The van der Waals surface area contributed by atoms with Crippen molar-refractivity contribution in [3.05, 3.63) is 33.6 Å². The van der Waals surface area contributed by atoms with Crippen LogP contribution in [-0.2, 0) is 0 Å². The van der Waals surface area contributed by atoms with Gasteiger partial charge in [0.05, 0.1) is 0 Å². The molecule has 2 aromatic rings. The largest absolute Gasteiger partial charge is 0.298 e. The van der Waals surface area contributed by atoms with Crippen LogP contribution in [0, 0.1) is 0 Å². The van der Waals surface area contributed by atoms with Crippen molar-refractivity contribution >= 4 is 43.6 Å². The van der Waals surface area contributed by atoms with Gasteiger partial charge in [0.2, 0.25) is 0 Å². The highest BCUT2D eigenvalue weighted by molar-refractivity contribution is 9.10. The molecule has 0 aliphatic heterocycles. The van der Waals surface area contributed by atoms with Crippen molar-refractivity contribution < 1.29 is 4.79 Å². The van der Waals surface area contributed by atoms with Crippen LogP contribution in [0.3, 0.4) is 0 Å². The van der Waals surface area contributed by atoms with Gasteiger partial charge in [-0.25, -0.2) is 0 Å². The Morgan fingerprint density at radius 3 is 2.92 bits per heavy atom. The Labute approximate surface area is 82.1 Å². The molecule has 60 valence electrons. The number of benzene rings is 1. The molecular weight excluding hydrogens is 236 g/mol. The molecule has 1 heterocycles. The van der Waals surface area contributed by atoms with Gasteiger partial charge in [-0.15, -0.1) is 11.3 Å². The minimum Gasteiger partial charge on any atom is -0.298 e. The Hall–Kier alpha value is -0.670. The summed E-state index contributed by atoms with van der Waals surface area (Å²) in [6.45, 7) is 0. The molecule has 0 spiro atoms. The van der Waals surface area contributed by atoms with Crippen LogP contribution in [0.5, 0.6) is 0 Å². The summed E-state index contributed by atoms with van der Waals surface area (Å²) >= 11 is 5.02. The number of thiophene rings is 1. The van der Waals surface area contributed by atoms with Gasteiger partial charge >= 0.3 is 0 Å². The zero-order chi connectivity index (χ0) is 8.55. The molecule has 0 radical (unpaired) electrons. The fraction of sp³-hybridized carbons (Fsp3) is 0. The minimum atomic E-state index is 0.767. The first kappa shape index (κ1) is 7.95. The van der Waals surface area contributed by atoms with Crippen molar-refractivity contribution in [1.82, 2.24) is 0 Å². The molecule has 0 unspecified atom stereocenters. The third-order valence-corrected chi connectivity index (χ3v) is 3.38. The lowest BCUT2D eigenvalue weighted by Gasteiger charge is -1.95. The Bertz CT molecular complexity index is 433. The van der Waals surface area contributed by atoms with Gasteiger partial charge in [-0.1, -0.05) is 15.9 Å². The SMILES string of the molecule is O=Cc1ccc(Br)c2ccsc12. The normalized spacial score (nSPS) is 10.4. The summed E-state index contributed by atoms with van der Waals surface area (Å²) in [5.41, 5.74) is 0.767. The number of halogens is 1. The van der Waals surface area contributed by atoms with E-state index in [0.717, 1.165) is 26.4 Å². The second-order valence-electron chi connectivity index (χ2n) is 2.42. The van der Waals surface area contributed by atoms with Crippen LogP contribution in [0.2, 0.25) is 0 Å². The summed E-state index contributed by atoms with van der Waals surface area (Å²) in [5, 5.41) is 3.10. The molecule has 0 saturated heterocycles. The van der Waals surface area contributed by atoms with E-state index in [1.54, 1.807) is 11.3 Å². The third-order valence-electron chi connectivity index (χ3n) is 1.72. The van der Waals surface area contributed by atoms with Gasteiger partial charge in [0.1, 0.15) is 0 Å². The van der Waals surface area contributed by atoms with Crippen molar-refractivity contribution in [3.63, 3.8) is 0 Å². The van der Waals surface area contributed by atoms with E-state index in [1.165, 1.54) is 0 Å². The Balaban J connectivity index is 2.91. The zero-order valence-corrected chi connectivity index (χ0v) is 8.48. The van der Waals surface area contributed by atoms with Gasteiger partial charge in [-0.3, -0.25) is 4.79 Å². The highest BCUT2D eigenvalue weighted by Crippen LogP contribution is 2.30. The summed E-state index contributed by atoms with van der Waals surface area (Å²) in [4.78, 5) is 10.6. The average Bonchev–Trinajstić information content (AvgIpc) is 2.54. The molecule has 1 aromatic heterocycles. The van der Waals surface area contributed by atoms with E-state index in [2.05, 4.69) is 15.9 Å². The van der Waals surface area contributed by atoms with E-state index in [0.29, 0.717) is 0 Å². The predicted molar refractivity (Wildman–Crippen MR) is 54.9 cm³/mol. The average molecular weight is 241 g/mol. The van der Waals surface area contributed by atoms with Crippen molar-refractivity contribution in [3.8, 4) is 0 Å². The number of hydrogen-bond acceptors (Lipinski definition) is 2. The lowest BCUT2D eigenvalue weighted by atomic mass is 10.2. The first-order chi connectivity index (χ1) is 5.83. The van der Waals surface area contributed by atoms with Crippen LogP contribution in [0.15, 0.2) is 28.1 Å². The van der Waals surface area contributed by atoms with Gasteiger partial charge in [-0.05, 0) is 23.6 Å². The monoisotopic (exact) mass is 240 g/mol. The van der Waals surface area contributed by atoms with Crippen LogP contribution in [0.1, 0.15) is 10.4 Å². The maximum Gasteiger partial charge on any atom is 0.151 e. The van der Waals surface area contributed by atoms with Crippen molar-refractivity contribution in [1.29, 1.82) is 0 Å². The smallest absolute Gasteiger partial charge is 0.151 e. The van der Waals surface area contributed by atoms with Crippen molar-refractivity contribution in [2.75, 3.05) is 0 Å². The molecule has 0 amide bonds. The Kier molecular flexibility index (Phi) is 1.98. The highest BCUT2D eigenvalue weighted by Gasteiger charge is 2.03. The topological polar surface area (TPSA) is 17.1 Å². The first-order valence-corrected chi connectivity index (χ1v) is 5.11. The number of aldehydes is 1. The number of carbonyl (C=O) groups excluding carboxylic acids is 1. The molecule has 2 rings (SSSR count). The summed E-state index contributed by atoms with van der Waals surface area (Å²) in [6.07, 6.45) is 0.894. The molecule has 3 heteroatoms. The number of carbonyl (C=O) groups is 1. The van der Waals surface area contributed by atoms with Crippen LogP contribution in [0.4, 0.5) is 0 Å². The van der Waals surface area contributed by atoms with E-state index in [-0.39, 0.29) is 0 Å². The molecule has 0 saturated carbocycles. The van der Waals surface area contributed by atoms with Crippen LogP contribution in [0.25, 0.3) is 10.1 Å². The quantitative estimate of drug-likeness (QED) is 0.698. The van der Waals surface area contributed by atoms with Gasteiger partial charge in [-0.2, -0.15) is 0 Å². The molecule has 0 fully saturated rings. The zero-order valence-electron chi connectivity index (χ0n) is 6.08. The minimum absolute atomic E-state index is 0.767. The fourth-order valence-corrected chi connectivity index (χ4v) is 2.63. The summed E-state index contributed by atoms with van der Waals surface area (Å²) in [5.74, 6) is 0. The van der Waals surface area contributed by atoms with Crippen LogP contribution >= 0.6 is 27.3 Å². The summed E-state index contributed by atoms with van der Waals surface area (Å²) < 4.78 is 2.10. The number of hydrogen-bond donors (Lipinski definition) is 0. The molecule has 0 bridgehead atoms. The predicted octanol–water partition coefficient (Wildman–Crippen LogP) is 3.48. The molecule has 0 N–H and O–H groups in total. The molecular formula is C9H5BrOS. The fourth-order valence-electron chi connectivity index (χ4n) is 1.14. The molecule has 1 nitrogen and oxygen atoms in total. The van der Waals surface area contributed by atoms with E-state index in [1.807, 2.05) is 23.6 Å². The second kappa shape index (κ2) is 2.99. The van der Waals surface area contributed by atoms with E-state index < -0.39 is 0 Å². The lowest BCUT2D eigenvalue weighted by Crippen LogP contribution is -1.78. The van der Waals surface area contributed by atoms with Crippen molar-refractivity contribution in [2.45, 2.75) is 0 Å². The number of rotatable bonds is 1. The van der Waals surface area contributed by atoms with Gasteiger partial charge in [0, 0.05) is 20.1 Å². The maximum atomic E-state index is 10.6. The maximum absolute atomic E-state index is 10.6. The molecule has 0 atom stereocenters. The van der Waals surface area contributed by atoms with Gasteiger partial charge in [0.25, 0.3) is 0 Å². The van der Waals surface area contributed by atoms with E-state index in [4.69, 9.17) is 0 Å². The van der Waals surface area contributed by atoms with Crippen molar-refractivity contribution in [2.24, 2.45) is 0 Å². The van der Waals surface area contributed by atoms with E-state index in [9.17, 15) is 4.79 Å². The summed E-state index contributed by atoms with van der Waals surface area (Å²) in [7, 11) is 0. The molecule has 1 aromatic carbocycles. The third kappa shape index (κ3) is 1.09. The molecule has 0 aliphatic rings. The molecule has 12 heavy (non-hydrogen) atoms. The van der Waals surface area contributed by atoms with Gasteiger partial charge in [0.15, 0.2) is 6.29 Å². The Morgan fingerprint density at radius 2 is 2.17 bits per heavy atom. The standard InChI is InChI=1S/C9H5BrOS/c10-8-2-1-6(5-11)9-7(8)3-4-12-9/h1-5H. The van der Waals surface area contributed by atoms with E-state index >= 15 is 0 Å².